The molecule has 2 atom stereocenters. The molecule has 4 aromatic rings. The third kappa shape index (κ3) is 4.17. The van der Waals surface area contributed by atoms with Crippen molar-refractivity contribution < 1.29 is 14.0 Å². The lowest BCUT2D eigenvalue weighted by atomic mass is 10.0. The Bertz CT molecular complexity index is 1330. The third-order valence-corrected chi connectivity index (χ3v) is 6.32. The van der Waals surface area contributed by atoms with Crippen LogP contribution in [0.4, 0.5) is 4.39 Å². The Labute approximate surface area is 197 Å². The number of aromatic nitrogens is 2. The highest BCUT2D eigenvalue weighted by molar-refractivity contribution is 5.90. The van der Waals surface area contributed by atoms with Crippen LogP contribution in [0.15, 0.2) is 78.9 Å². The van der Waals surface area contributed by atoms with Gasteiger partial charge in [-0.3, -0.25) is 9.59 Å². The summed E-state index contributed by atoms with van der Waals surface area (Å²) in [5.41, 5.74) is 3.45. The van der Waals surface area contributed by atoms with Crippen molar-refractivity contribution in [3.8, 4) is 0 Å². The molecule has 2 amide bonds. The average molecular weight is 457 g/mol. The van der Waals surface area contributed by atoms with E-state index in [-0.39, 0.29) is 36.6 Å². The van der Waals surface area contributed by atoms with Gasteiger partial charge in [-0.05, 0) is 42.3 Å². The summed E-state index contributed by atoms with van der Waals surface area (Å²) in [4.78, 5) is 33.3. The molecule has 0 aliphatic carbocycles. The number of rotatable bonds is 6. The Kier molecular flexibility index (Phi) is 5.84. The van der Waals surface area contributed by atoms with Crippen molar-refractivity contribution in [3.05, 3.63) is 102 Å². The number of fused-ring (bicyclic) bond motifs is 3. The normalized spacial score (nSPS) is 17.6. The fourth-order valence-corrected chi connectivity index (χ4v) is 4.54. The van der Waals surface area contributed by atoms with Crippen LogP contribution in [-0.4, -0.2) is 26.3 Å². The summed E-state index contributed by atoms with van der Waals surface area (Å²) in [7, 11) is 0. The van der Waals surface area contributed by atoms with E-state index in [2.05, 4.69) is 5.32 Å². The maximum atomic E-state index is 13.7. The van der Waals surface area contributed by atoms with Crippen LogP contribution in [0.3, 0.4) is 0 Å². The van der Waals surface area contributed by atoms with E-state index in [1.165, 1.54) is 12.1 Å². The first-order chi connectivity index (χ1) is 16.5. The molecule has 2 heterocycles. The molecule has 0 bridgehead atoms. The fraction of sp³-hybridized carbons (Fsp3) is 0.222. The van der Waals surface area contributed by atoms with Crippen molar-refractivity contribution in [2.45, 2.75) is 38.5 Å². The minimum absolute atomic E-state index is 0.00854. The minimum Gasteiger partial charge on any atom is -0.352 e. The zero-order chi connectivity index (χ0) is 23.7. The summed E-state index contributed by atoms with van der Waals surface area (Å²) in [6, 6.07) is 22.5. The van der Waals surface area contributed by atoms with Crippen molar-refractivity contribution in [3.63, 3.8) is 0 Å². The van der Waals surface area contributed by atoms with Crippen LogP contribution in [0.25, 0.3) is 11.0 Å². The molecule has 34 heavy (non-hydrogen) atoms. The number of amides is 2. The largest absolute Gasteiger partial charge is 0.352 e. The molecule has 1 aliphatic heterocycles. The van der Waals surface area contributed by atoms with Gasteiger partial charge >= 0.3 is 0 Å². The van der Waals surface area contributed by atoms with E-state index in [4.69, 9.17) is 4.98 Å². The minimum atomic E-state index is -0.699. The zero-order valence-corrected chi connectivity index (χ0v) is 18.8. The molecule has 1 N–H and O–H groups in total. The molecule has 0 saturated heterocycles. The van der Waals surface area contributed by atoms with Crippen LogP contribution in [0.1, 0.15) is 42.4 Å². The summed E-state index contributed by atoms with van der Waals surface area (Å²) in [6.07, 6.45) is -0.00854. The number of carbonyl (C=O) groups excluding carboxylic acids is 2. The first kappa shape index (κ1) is 21.8. The van der Waals surface area contributed by atoms with Crippen molar-refractivity contribution in [2.75, 3.05) is 0 Å². The SMILES string of the molecule is C[C@@H]1c2nc3ccccc3n2[C@H](CC(=O)NCc2ccc(F)cc2)C(=O)N1Cc1ccccc1. The average Bonchev–Trinajstić information content (AvgIpc) is 3.24. The van der Waals surface area contributed by atoms with Gasteiger partial charge in [0.05, 0.1) is 23.5 Å². The van der Waals surface area contributed by atoms with Gasteiger partial charge in [0.1, 0.15) is 17.7 Å². The monoisotopic (exact) mass is 456 g/mol. The maximum Gasteiger partial charge on any atom is 0.247 e. The van der Waals surface area contributed by atoms with E-state index in [0.717, 1.165) is 28.0 Å². The zero-order valence-electron chi connectivity index (χ0n) is 18.8. The lowest BCUT2D eigenvalue weighted by Gasteiger charge is -2.38. The second kappa shape index (κ2) is 9.09. The number of para-hydroxylation sites is 2. The van der Waals surface area contributed by atoms with E-state index in [1.54, 1.807) is 17.0 Å². The van der Waals surface area contributed by atoms with Crippen molar-refractivity contribution >= 4 is 22.8 Å². The predicted molar refractivity (Wildman–Crippen MR) is 127 cm³/mol. The Balaban J connectivity index is 1.44. The highest BCUT2D eigenvalue weighted by Crippen LogP contribution is 2.37. The Morgan fingerprint density at radius 2 is 1.68 bits per heavy atom. The topological polar surface area (TPSA) is 67.2 Å². The molecular formula is C27H25FN4O2. The van der Waals surface area contributed by atoms with E-state index >= 15 is 0 Å². The van der Waals surface area contributed by atoms with Gasteiger partial charge in [-0.1, -0.05) is 54.6 Å². The Morgan fingerprint density at radius 3 is 2.44 bits per heavy atom. The molecule has 0 saturated carbocycles. The van der Waals surface area contributed by atoms with Gasteiger partial charge in [0.2, 0.25) is 11.8 Å². The van der Waals surface area contributed by atoms with Crippen molar-refractivity contribution in [1.29, 1.82) is 0 Å². The van der Waals surface area contributed by atoms with Gasteiger partial charge < -0.3 is 14.8 Å². The molecule has 0 unspecified atom stereocenters. The van der Waals surface area contributed by atoms with Gasteiger partial charge in [-0.2, -0.15) is 0 Å². The summed E-state index contributed by atoms with van der Waals surface area (Å²) in [6.45, 7) is 2.68. The number of halogens is 1. The van der Waals surface area contributed by atoms with Gasteiger partial charge in [-0.15, -0.1) is 0 Å². The van der Waals surface area contributed by atoms with Crippen LogP contribution in [-0.2, 0) is 22.7 Å². The molecule has 0 fully saturated rings. The molecule has 0 radical (unpaired) electrons. The van der Waals surface area contributed by atoms with E-state index in [0.29, 0.717) is 6.54 Å². The van der Waals surface area contributed by atoms with Gasteiger partial charge in [0, 0.05) is 13.1 Å². The van der Waals surface area contributed by atoms with Gasteiger partial charge in [0.15, 0.2) is 0 Å². The van der Waals surface area contributed by atoms with Crippen LogP contribution in [0.2, 0.25) is 0 Å². The van der Waals surface area contributed by atoms with E-state index in [9.17, 15) is 14.0 Å². The number of hydrogen-bond donors (Lipinski definition) is 1. The second-order valence-electron chi connectivity index (χ2n) is 8.58. The number of carbonyl (C=O) groups is 2. The summed E-state index contributed by atoms with van der Waals surface area (Å²) in [5.74, 6) is 0.0904. The number of benzene rings is 3. The summed E-state index contributed by atoms with van der Waals surface area (Å²) < 4.78 is 15.1. The molecule has 1 aromatic heterocycles. The van der Waals surface area contributed by atoms with Gasteiger partial charge in [-0.25, -0.2) is 9.37 Å². The molecule has 7 heteroatoms. The lowest BCUT2D eigenvalue weighted by Crippen LogP contribution is -2.46. The number of nitrogens with one attached hydrogen (secondary N) is 1. The molecule has 1 aliphatic rings. The lowest BCUT2D eigenvalue weighted by molar-refractivity contribution is -0.142. The highest BCUT2D eigenvalue weighted by atomic mass is 19.1. The second-order valence-corrected chi connectivity index (χ2v) is 8.58. The van der Waals surface area contributed by atoms with E-state index < -0.39 is 6.04 Å². The van der Waals surface area contributed by atoms with E-state index in [1.807, 2.05) is 66.1 Å². The Hall–Kier alpha value is -4.00. The Morgan fingerprint density at radius 1 is 0.971 bits per heavy atom. The third-order valence-electron chi connectivity index (χ3n) is 6.32. The molecular weight excluding hydrogens is 431 g/mol. The van der Waals surface area contributed by atoms with Crippen LogP contribution in [0.5, 0.6) is 0 Å². The molecule has 0 spiro atoms. The van der Waals surface area contributed by atoms with Crippen molar-refractivity contribution in [2.24, 2.45) is 0 Å². The fourth-order valence-electron chi connectivity index (χ4n) is 4.54. The van der Waals surface area contributed by atoms with Crippen LogP contribution >= 0.6 is 0 Å². The molecule has 6 nitrogen and oxygen atoms in total. The first-order valence-corrected chi connectivity index (χ1v) is 11.3. The van der Waals surface area contributed by atoms with Gasteiger partial charge in [0.25, 0.3) is 0 Å². The molecule has 5 rings (SSSR count). The highest BCUT2D eigenvalue weighted by Gasteiger charge is 2.40. The maximum absolute atomic E-state index is 13.7. The number of hydrogen-bond acceptors (Lipinski definition) is 3. The number of nitrogens with zero attached hydrogens (tertiary/aromatic N) is 3. The number of imidazole rings is 1. The molecule has 172 valence electrons. The molecule has 3 aromatic carbocycles. The standard InChI is InChI=1S/C27H25FN4O2/c1-18-26-30-22-9-5-6-10-23(22)32(26)24(27(34)31(18)17-20-7-3-2-4-8-20)15-25(33)29-16-19-11-13-21(28)14-12-19/h2-14,18,24H,15-17H2,1H3,(H,29,33)/t18-,24-/m1/s1. The smallest absolute Gasteiger partial charge is 0.247 e. The predicted octanol–water partition coefficient (Wildman–Crippen LogP) is 4.53. The van der Waals surface area contributed by atoms with Crippen LogP contribution < -0.4 is 5.32 Å². The quantitative estimate of drug-likeness (QED) is 0.464. The summed E-state index contributed by atoms with van der Waals surface area (Å²) in [5, 5.41) is 2.87. The first-order valence-electron chi connectivity index (χ1n) is 11.3. The van der Waals surface area contributed by atoms with Crippen molar-refractivity contribution in [1.82, 2.24) is 19.8 Å². The van der Waals surface area contributed by atoms with Crippen LogP contribution in [0, 0.1) is 5.82 Å². The summed E-state index contributed by atoms with van der Waals surface area (Å²) >= 11 is 0.